The van der Waals surface area contributed by atoms with Gasteiger partial charge in [0.2, 0.25) is 5.90 Å². The van der Waals surface area contributed by atoms with E-state index in [1.54, 1.807) is 12.1 Å². The summed E-state index contributed by atoms with van der Waals surface area (Å²) in [5.41, 5.74) is 0.695. The van der Waals surface area contributed by atoms with Crippen LogP contribution in [0.5, 0.6) is 0 Å². The molecule has 0 saturated heterocycles. The van der Waals surface area contributed by atoms with Gasteiger partial charge in [0, 0.05) is 15.6 Å². The van der Waals surface area contributed by atoms with Crippen LogP contribution in [-0.4, -0.2) is 12.5 Å². The van der Waals surface area contributed by atoms with E-state index in [0.717, 1.165) is 5.56 Å². The molecule has 5 heteroatoms. The quantitative estimate of drug-likeness (QED) is 0.819. The third-order valence-corrected chi connectivity index (χ3v) is 3.12. The second-order valence-corrected chi connectivity index (χ2v) is 5.42. The van der Waals surface area contributed by atoms with Gasteiger partial charge in [0.25, 0.3) is 0 Å². The summed E-state index contributed by atoms with van der Waals surface area (Å²) < 4.78 is 5.62. The number of nitrogens with zero attached hydrogens (tertiary/aromatic N) is 1. The van der Waals surface area contributed by atoms with Gasteiger partial charge in [0.05, 0.1) is 5.41 Å². The molecule has 2 rings (SSSR count). The molecule has 0 saturated carbocycles. The van der Waals surface area contributed by atoms with Gasteiger partial charge in [-0.2, -0.15) is 0 Å². The number of halogens is 2. The van der Waals surface area contributed by atoms with Crippen LogP contribution in [0.1, 0.15) is 19.4 Å². The minimum absolute atomic E-state index is 0.182. The molecule has 1 aromatic carbocycles. The third-order valence-electron chi connectivity index (χ3n) is 2.53. The first-order chi connectivity index (χ1) is 7.99. The van der Waals surface area contributed by atoms with E-state index >= 15 is 0 Å². The van der Waals surface area contributed by atoms with E-state index in [-0.39, 0.29) is 5.41 Å². The van der Waals surface area contributed by atoms with E-state index in [2.05, 4.69) is 5.16 Å². The molecule has 0 fully saturated rings. The summed E-state index contributed by atoms with van der Waals surface area (Å²) in [7, 11) is 0. The molecule has 1 heterocycles. The molecule has 92 valence electrons. The first-order valence-corrected chi connectivity index (χ1v) is 6.02. The van der Waals surface area contributed by atoms with Gasteiger partial charge in [-0.15, -0.1) is 0 Å². The van der Waals surface area contributed by atoms with Gasteiger partial charge in [-0.3, -0.25) is 0 Å². The number of rotatable bonds is 2. The van der Waals surface area contributed by atoms with Crippen LogP contribution in [0.15, 0.2) is 23.4 Å². The zero-order chi connectivity index (χ0) is 12.5. The van der Waals surface area contributed by atoms with Crippen LogP contribution < -0.4 is 0 Å². The molecule has 0 aliphatic carbocycles. The molecule has 0 amide bonds. The van der Waals surface area contributed by atoms with Crippen LogP contribution in [0.25, 0.3) is 0 Å². The Labute approximate surface area is 110 Å². The minimum atomic E-state index is -0.182. The number of oxime groups is 1. The monoisotopic (exact) mass is 273 g/mol. The van der Waals surface area contributed by atoms with E-state index in [4.69, 9.17) is 32.8 Å². The fourth-order valence-corrected chi connectivity index (χ4v) is 1.91. The predicted octanol–water partition coefficient (Wildman–Crippen LogP) is 3.88. The number of hydrogen-bond donors (Lipinski definition) is 0. The van der Waals surface area contributed by atoms with Crippen LogP contribution in [-0.2, 0) is 16.2 Å². The van der Waals surface area contributed by atoms with Gasteiger partial charge < -0.3 is 9.57 Å². The first-order valence-electron chi connectivity index (χ1n) is 5.26. The molecule has 0 spiro atoms. The summed E-state index contributed by atoms with van der Waals surface area (Å²) in [6, 6.07) is 5.32. The second kappa shape index (κ2) is 4.75. The average molecular weight is 274 g/mol. The fourth-order valence-electron chi connectivity index (χ4n) is 1.44. The molecule has 0 bridgehead atoms. The fraction of sp³-hybridized carbons (Fsp3) is 0.417. The molecule has 1 aromatic rings. The van der Waals surface area contributed by atoms with E-state index < -0.39 is 0 Å². The maximum Gasteiger partial charge on any atom is 0.235 e. The standard InChI is InChI=1S/C12H13Cl2NO2/c1-12(2)7-17-15-11(12)16-6-8-3-4-9(13)5-10(8)14/h3-5H,6-7H2,1-2H3. The van der Waals surface area contributed by atoms with E-state index in [9.17, 15) is 0 Å². The topological polar surface area (TPSA) is 30.8 Å². The Hall–Kier alpha value is -0.930. The van der Waals surface area contributed by atoms with Gasteiger partial charge in [-0.25, -0.2) is 0 Å². The summed E-state index contributed by atoms with van der Waals surface area (Å²) in [5.74, 6) is 0.600. The van der Waals surface area contributed by atoms with Crippen molar-refractivity contribution in [1.29, 1.82) is 0 Å². The normalized spacial score (nSPS) is 17.5. The van der Waals surface area contributed by atoms with Gasteiger partial charge >= 0.3 is 0 Å². The molecular formula is C12H13Cl2NO2. The molecule has 0 N–H and O–H groups in total. The van der Waals surface area contributed by atoms with Crippen LogP contribution in [0.4, 0.5) is 0 Å². The Kier molecular flexibility index (Phi) is 3.50. The summed E-state index contributed by atoms with van der Waals surface area (Å²) in [5, 5.41) is 5.08. The maximum absolute atomic E-state index is 6.05. The molecule has 0 aromatic heterocycles. The lowest BCUT2D eigenvalue weighted by atomic mass is 9.95. The van der Waals surface area contributed by atoms with Crippen molar-refractivity contribution in [3.05, 3.63) is 33.8 Å². The molecule has 1 aliphatic rings. The zero-order valence-corrected chi connectivity index (χ0v) is 11.2. The van der Waals surface area contributed by atoms with Crippen molar-refractivity contribution in [1.82, 2.24) is 0 Å². The largest absolute Gasteiger partial charge is 0.473 e. The van der Waals surface area contributed by atoms with Crippen LogP contribution in [0, 0.1) is 5.41 Å². The molecule has 0 unspecified atom stereocenters. The lowest BCUT2D eigenvalue weighted by Gasteiger charge is -2.17. The van der Waals surface area contributed by atoms with E-state index in [1.807, 2.05) is 19.9 Å². The van der Waals surface area contributed by atoms with Crippen molar-refractivity contribution in [2.75, 3.05) is 6.61 Å². The van der Waals surface area contributed by atoms with Crippen LogP contribution in [0.2, 0.25) is 10.0 Å². The van der Waals surface area contributed by atoms with Crippen molar-refractivity contribution in [3.63, 3.8) is 0 Å². The Morgan fingerprint density at radius 2 is 2.18 bits per heavy atom. The van der Waals surface area contributed by atoms with Gasteiger partial charge in [-0.1, -0.05) is 34.4 Å². The Morgan fingerprint density at radius 3 is 2.76 bits per heavy atom. The van der Waals surface area contributed by atoms with Crippen molar-refractivity contribution in [3.8, 4) is 0 Å². The molecule has 1 aliphatic heterocycles. The first kappa shape index (κ1) is 12.5. The van der Waals surface area contributed by atoms with Crippen molar-refractivity contribution in [2.45, 2.75) is 20.5 Å². The van der Waals surface area contributed by atoms with Gasteiger partial charge in [0.15, 0.2) is 0 Å². The van der Waals surface area contributed by atoms with E-state index in [0.29, 0.717) is 29.2 Å². The van der Waals surface area contributed by atoms with Crippen molar-refractivity contribution in [2.24, 2.45) is 10.6 Å². The zero-order valence-electron chi connectivity index (χ0n) is 9.67. The highest BCUT2D eigenvalue weighted by Crippen LogP contribution is 2.27. The molecular weight excluding hydrogens is 261 g/mol. The molecule has 0 atom stereocenters. The summed E-state index contributed by atoms with van der Waals surface area (Å²) >= 11 is 11.9. The van der Waals surface area contributed by atoms with Gasteiger partial charge in [0.1, 0.15) is 13.2 Å². The Morgan fingerprint density at radius 1 is 1.41 bits per heavy atom. The van der Waals surface area contributed by atoms with Crippen molar-refractivity contribution < 1.29 is 9.57 Å². The molecule has 0 radical (unpaired) electrons. The SMILES string of the molecule is CC1(C)CON=C1OCc1ccc(Cl)cc1Cl. The highest BCUT2D eigenvalue weighted by atomic mass is 35.5. The van der Waals surface area contributed by atoms with Gasteiger partial charge in [-0.05, 0) is 26.0 Å². The average Bonchev–Trinajstić information content (AvgIpc) is 2.57. The number of ether oxygens (including phenoxy) is 1. The summed E-state index contributed by atoms with van der Waals surface area (Å²) in [6.07, 6.45) is 0. The van der Waals surface area contributed by atoms with Crippen molar-refractivity contribution >= 4 is 29.1 Å². The number of hydrogen-bond acceptors (Lipinski definition) is 3. The molecule has 3 nitrogen and oxygen atoms in total. The number of benzene rings is 1. The predicted molar refractivity (Wildman–Crippen MR) is 68.4 cm³/mol. The lowest BCUT2D eigenvalue weighted by Crippen LogP contribution is -2.25. The molecule has 17 heavy (non-hydrogen) atoms. The highest BCUT2D eigenvalue weighted by Gasteiger charge is 2.33. The van der Waals surface area contributed by atoms with Crippen LogP contribution in [0.3, 0.4) is 0 Å². The van der Waals surface area contributed by atoms with E-state index in [1.165, 1.54) is 0 Å². The Balaban J connectivity index is 2.03. The summed E-state index contributed by atoms with van der Waals surface area (Å²) in [4.78, 5) is 5.02. The second-order valence-electron chi connectivity index (χ2n) is 4.58. The smallest absolute Gasteiger partial charge is 0.235 e. The minimum Gasteiger partial charge on any atom is -0.473 e. The highest BCUT2D eigenvalue weighted by molar-refractivity contribution is 6.35. The lowest BCUT2D eigenvalue weighted by molar-refractivity contribution is 0.132. The maximum atomic E-state index is 6.05. The van der Waals surface area contributed by atoms with Crippen LogP contribution >= 0.6 is 23.2 Å². The summed E-state index contributed by atoms with van der Waals surface area (Å²) in [6.45, 7) is 4.93. The third kappa shape index (κ3) is 2.85. The Bertz CT molecular complexity index is 458.